The van der Waals surface area contributed by atoms with Crippen LogP contribution in [0.25, 0.3) is 80.7 Å². The minimum Gasteiger partial charge on any atom is -0.454 e. The van der Waals surface area contributed by atoms with Gasteiger partial charge in [-0.1, -0.05) is 121 Å². The van der Waals surface area contributed by atoms with Crippen LogP contribution in [0.3, 0.4) is 0 Å². The molecule has 244 valence electrons. The van der Waals surface area contributed by atoms with Crippen LogP contribution in [0.2, 0.25) is 0 Å². The van der Waals surface area contributed by atoms with Crippen LogP contribution < -0.4 is 4.90 Å². The number of thiophene rings is 1. The smallest absolute Gasteiger partial charge is 0.159 e. The monoisotopic (exact) mass is 682 g/mol. The number of anilines is 3. The van der Waals surface area contributed by atoms with Crippen molar-refractivity contribution in [2.75, 3.05) is 4.90 Å². The summed E-state index contributed by atoms with van der Waals surface area (Å²) in [7, 11) is 0. The van der Waals surface area contributed by atoms with Gasteiger partial charge in [0.25, 0.3) is 0 Å². The van der Waals surface area contributed by atoms with Crippen molar-refractivity contribution >= 4 is 92.3 Å². The van der Waals surface area contributed by atoms with Gasteiger partial charge in [0.1, 0.15) is 5.58 Å². The zero-order valence-electron chi connectivity index (χ0n) is 28.0. The molecule has 0 radical (unpaired) electrons. The third-order valence-electron chi connectivity index (χ3n) is 10.4. The summed E-state index contributed by atoms with van der Waals surface area (Å²) in [5.74, 6) is 0. The van der Waals surface area contributed by atoms with Gasteiger partial charge in [-0.2, -0.15) is 0 Å². The van der Waals surface area contributed by atoms with Gasteiger partial charge in [0.2, 0.25) is 0 Å². The summed E-state index contributed by atoms with van der Waals surface area (Å²) in [5.41, 5.74) is 10.8. The lowest BCUT2D eigenvalue weighted by molar-refractivity contribution is 0.669. The summed E-state index contributed by atoms with van der Waals surface area (Å²) >= 11 is 1.85. The van der Waals surface area contributed by atoms with Crippen molar-refractivity contribution in [1.29, 1.82) is 0 Å². The first-order chi connectivity index (χ1) is 25.8. The average molecular weight is 683 g/mol. The summed E-state index contributed by atoms with van der Waals surface area (Å²) in [4.78, 5) is 2.39. The van der Waals surface area contributed by atoms with Crippen molar-refractivity contribution in [3.63, 3.8) is 0 Å². The highest BCUT2D eigenvalue weighted by atomic mass is 32.1. The van der Waals surface area contributed by atoms with Crippen LogP contribution in [0, 0.1) is 0 Å². The number of hydrogen-bond acceptors (Lipinski definition) is 3. The van der Waals surface area contributed by atoms with Crippen molar-refractivity contribution in [2.24, 2.45) is 0 Å². The second-order valence-electron chi connectivity index (χ2n) is 13.3. The minimum atomic E-state index is 0.867. The molecule has 0 N–H and O–H groups in total. The lowest BCUT2D eigenvalue weighted by Crippen LogP contribution is -2.10. The molecule has 3 aromatic heterocycles. The van der Waals surface area contributed by atoms with Gasteiger partial charge < -0.3 is 13.9 Å². The number of nitrogens with zero attached hydrogens (tertiary/aromatic N) is 2. The Hall–Kier alpha value is -6.62. The molecule has 0 aliphatic rings. The molecule has 11 aromatic rings. The van der Waals surface area contributed by atoms with E-state index in [1.54, 1.807) is 0 Å². The van der Waals surface area contributed by atoms with Gasteiger partial charge >= 0.3 is 0 Å². The topological polar surface area (TPSA) is 21.3 Å². The molecular weight excluding hydrogens is 653 g/mol. The number of benzene rings is 8. The lowest BCUT2D eigenvalue weighted by atomic mass is 10.0. The van der Waals surface area contributed by atoms with E-state index in [-0.39, 0.29) is 0 Å². The van der Waals surface area contributed by atoms with Crippen LogP contribution in [0.1, 0.15) is 0 Å². The molecule has 0 spiro atoms. The largest absolute Gasteiger partial charge is 0.454 e. The molecule has 0 atom stereocenters. The fourth-order valence-electron chi connectivity index (χ4n) is 8.11. The molecule has 11 rings (SSSR count). The van der Waals surface area contributed by atoms with Gasteiger partial charge in [-0.05, 0) is 71.8 Å². The Labute approximate surface area is 303 Å². The van der Waals surface area contributed by atoms with E-state index in [1.165, 1.54) is 47.6 Å². The van der Waals surface area contributed by atoms with E-state index in [4.69, 9.17) is 4.42 Å². The van der Waals surface area contributed by atoms with Gasteiger partial charge in [0.15, 0.2) is 5.58 Å². The highest BCUT2D eigenvalue weighted by Crippen LogP contribution is 2.49. The maximum atomic E-state index is 7.00. The molecule has 0 unspecified atom stereocenters. The molecule has 0 saturated heterocycles. The van der Waals surface area contributed by atoms with E-state index in [2.05, 4.69) is 191 Å². The predicted molar refractivity (Wildman–Crippen MR) is 221 cm³/mol. The zero-order valence-corrected chi connectivity index (χ0v) is 28.8. The highest BCUT2D eigenvalue weighted by molar-refractivity contribution is 7.26. The first-order valence-corrected chi connectivity index (χ1v) is 18.4. The second-order valence-corrected chi connectivity index (χ2v) is 14.3. The molecule has 0 saturated carbocycles. The van der Waals surface area contributed by atoms with Crippen molar-refractivity contribution in [1.82, 2.24) is 4.57 Å². The Morgan fingerprint density at radius 3 is 1.92 bits per heavy atom. The van der Waals surface area contributed by atoms with Crippen molar-refractivity contribution in [2.45, 2.75) is 0 Å². The van der Waals surface area contributed by atoms with Crippen LogP contribution in [0.4, 0.5) is 17.1 Å². The molecule has 8 aromatic carbocycles. The molecule has 0 fully saturated rings. The number of aromatic nitrogens is 1. The molecule has 0 amide bonds. The van der Waals surface area contributed by atoms with Gasteiger partial charge in [0, 0.05) is 48.4 Å². The molecule has 4 heteroatoms. The van der Waals surface area contributed by atoms with E-state index >= 15 is 0 Å². The summed E-state index contributed by atoms with van der Waals surface area (Å²) in [6.07, 6.45) is 0. The van der Waals surface area contributed by atoms with Crippen molar-refractivity contribution in [3.8, 4) is 16.8 Å². The highest BCUT2D eigenvalue weighted by Gasteiger charge is 2.24. The van der Waals surface area contributed by atoms with E-state index in [1.807, 2.05) is 11.3 Å². The SMILES string of the molecule is c1ccc(-c2ccc(N(c3cccc4c3oc3ccc5c(c6ccccc6n5-c5ccccc5)c34)c3cccc4c3sc3ccccc34)cc2)cc1. The zero-order chi connectivity index (χ0) is 34.2. The second kappa shape index (κ2) is 11.5. The predicted octanol–water partition coefficient (Wildman–Crippen LogP) is 14.2. The summed E-state index contributed by atoms with van der Waals surface area (Å²) in [6, 6.07) is 65.2. The Morgan fingerprint density at radius 2 is 1.10 bits per heavy atom. The van der Waals surface area contributed by atoms with E-state index in [9.17, 15) is 0 Å². The number of fused-ring (bicyclic) bond motifs is 10. The fraction of sp³-hybridized carbons (Fsp3) is 0. The van der Waals surface area contributed by atoms with Gasteiger partial charge in [-0.3, -0.25) is 0 Å². The first kappa shape index (κ1) is 29.1. The number of rotatable bonds is 5. The quantitative estimate of drug-likeness (QED) is 0.180. The van der Waals surface area contributed by atoms with Gasteiger partial charge in [-0.15, -0.1) is 11.3 Å². The number of para-hydroxylation sites is 3. The molecular formula is C48H30N2OS. The van der Waals surface area contributed by atoms with Crippen LogP contribution in [0.15, 0.2) is 186 Å². The number of hydrogen-bond donors (Lipinski definition) is 0. The minimum absolute atomic E-state index is 0.867. The third kappa shape index (κ3) is 4.31. The molecule has 0 aliphatic carbocycles. The lowest BCUT2D eigenvalue weighted by Gasteiger charge is -2.26. The van der Waals surface area contributed by atoms with Crippen LogP contribution in [-0.4, -0.2) is 4.57 Å². The maximum Gasteiger partial charge on any atom is 0.159 e. The van der Waals surface area contributed by atoms with Crippen molar-refractivity contribution in [3.05, 3.63) is 182 Å². The third-order valence-corrected chi connectivity index (χ3v) is 11.6. The van der Waals surface area contributed by atoms with Gasteiger partial charge in [0.05, 0.1) is 27.1 Å². The van der Waals surface area contributed by atoms with E-state index in [0.717, 1.165) is 50.2 Å². The van der Waals surface area contributed by atoms with E-state index in [0.29, 0.717) is 0 Å². The molecule has 52 heavy (non-hydrogen) atoms. The van der Waals surface area contributed by atoms with Crippen molar-refractivity contribution < 1.29 is 4.42 Å². The normalized spacial score (nSPS) is 11.8. The Morgan fingerprint density at radius 1 is 0.442 bits per heavy atom. The Bertz CT molecular complexity index is 3120. The van der Waals surface area contributed by atoms with Gasteiger partial charge in [-0.25, -0.2) is 0 Å². The standard InChI is InChI=1S/C48H30N2OS/c1-3-13-31(14-4-1)32-25-27-34(28-26-32)50(42-23-11-19-36-35-17-8-10-24-44(35)52-48(36)42)41-22-12-20-38-46-43(51-47(38)41)30-29-40-45(46)37-18-7-9-21-39(37)49(40)33-15-5-2-6-16-33/h1-30H. The Kier molecular flexibility index (Phi) is 6.42. The summed E-state index contributed by atoms with van der Waals surface area (Å²) < 4.78 is 11.9. The summed E-state index contributed by atoms with van der Waals surface area (Å²) in [5, 5.41) is 7.20. The Balaban J connectivity index is 1.20. The van der Waals surface area contributed by atoms with E-state index < -0.39 is 0 Å². The molecule has 3 nitrogen and oxygen atoms in total. The maximum absolute atomic E-state index is 7.00. The molecule has 0 bridgehead atoms. The van der Waals surface area contributed by atoms with Crippen LogP contribution >= 0.6 is 11.3 Å². The average Bonchev–Trinajstić information content (AvgIpc) is 3.89. The number of furan rings is 1. The molecule has 0 aliphatic heterocycles. The molecule has 3 heterocycles. The van der Waals surface area contributed by atoms with Crippen LogP contribution in [-0.2, 0) is 0 Å². The van der Waals surface area contributed by atoms with Crippen LogP contribution in [0.5, 0.6) is 0 Å². The summed E-state index contributed by atoms with van der Waals surface area (Å²) in [6.45, 7) is 0. The first-order valence-electron chi connectivity index (χ1n) is 17.6. The fourth-order valence-corrected chi connectivity index (χ4v) is 9.32.